The lowest BCUT2D eigenvalue weighted by Crippen LogP contribution is -2.20. The van der Waals surface area contributed by atoms with Crippen molar-refractivity contribution < 1.29 is 23.8 Å². The first-order chi connectivity index (χ1) is 14.5. The first kappa shape index (κ1) is 20.7. The molecule has 0 fully saturated rings. The Kier molecular flexibility index (Phi) is 6.89. The molecule has 3 N–H and O–H groups in total. The van der Waals surface area contributed by atoms with Crippen molar-refractivity contribution in [1.29, 1.82) is 0 Å². The quantitative estimate of drug-likeness (QED) is 0.428. The summed E-state index contributed by atoms with van der Waals surface area (Å²) in [5, 5.41) is 2.73. The molecule has 30 heavy (non-hydrogen) atoms. The lowest BCUT2D eigenvalue weighted by atomic mass is 10.2. The van der Waals surface area contributed by atoms with Crippen molar-refractivity contribution in [1.82, 2.24) is 0 Å². The van der Waals surface area contributed by atoms with Gasteiger partial charge in [-0.05, 0) is 61.5 Å². The Morgan fingerprint density at radius 3 is 2.33 bits per heavy atom. The summed E-state index contributed by atoms with van der Waals surface area (Å²) in [6.45, 7) is 1.72. The smallest absolute Gasteiger partial charge is 0.338 e. The summed E-state index contributed by atoms with van der Waals surface area (Å²) in [7, 11) is 0. The summed E-state index contributed by atoms with van der Waals surface area (Å²) >= 11 is 0. The Bertz CT molecular complexity index is 1000. The summed E-state index contributed by atoms with van der Waals surface area (Å²) in [4.78, 5) is 24.0. The highest BCUT2D eigenvalue weighted by Crippen LogP contribution is 2.24. The van der Waals surface area contributed by atoms with Gasteiger partial charge in [0.25, 0.3) is 5.91 Å². The molecule has 0 aliphatic rings. The van der Waals surface area contributed by atoms with E-state index in [0.717, 1.165) is 5.75 Å². The van der Waals surface area contributed by atoms with E-state index in [2.05, 4.69) is 5.32 Å². The number of amides is 1. The van der Waals surface area contributed by atoms with E-state index < -0.39 is 5.97 Å². The maximum atomic E-state index is 12.2. The summed E-state index contributed by atoms with van der Waals surface area (Å²) in [5.41, 5.74) is 7.07. The van der Waals surface area contributed by atoms with Gasteiger partial charge in [-0.3, -0.25) is 4.79 Å². The van der Waals surface area contributed by atoms with Crippen molar-refractivity contribution in [2.75, 3.05) is 24.3 Å². The van der Waals surface area contributed by atoms with E-state index in [0.29, 0.717) is 22.7 Å². The average molecular weight is 406 g/mol. The van der Waals surface area contributed by atoms with Crippen LogP contribution in [0.2, 0.25) is 0 Å². The maximum Gasteiger partial charge on any atom is 0.338 e. The minimum absolute atomic E-state index is 0.238. The lowest BCUT2D eigenvalue weighted by molar-refractivity contribution is -0.118. The highest BCUT2D eigenvalue weighted by molar-refractivity contribution is 5.92. The summed E-state index contributed by atoms with van der Waals surface area (Å²) in [6.07, 6.45) is 0. The first-order valence-electron chi connectivity index (χ1n) is 9.37. The summed E-state index contributed by atoms with van der Waals surface area (Å²) in [6, 6.07) is 20.9. The first-order valence-corrected chi connectivity index (χ1v) is 9.37. The largest absolute Gasteiger partial charge is 0.482 e. The Labute approximate surface area is 174 Å². The second-order valence-corrected chi connectivity index (χ2v) is 6.25. The number of para-hydroxylation sites is 1. The van der Waals surface area contributed by atoms with Crippen LogP contribution in [0.5, 0.6) is 17.2 Å². The number of nitrogens with two attached hydrogens (primary N) is 1. The van der Waals surface area contributed by atoms with Crippen molar-refractivity contribution in [2.45, 2.75) is 6.92 Å². The number of nitrogens with one attached hydrogen (secondary N) is 1. The predicted molar refractivity (Wildman–Crippen MR) is 114 cm³/mol. The molecule has 1 amide bonds. The fourth-order valence-electron chi connectivity index (χ4n) is 2.57. The highest BCUT2D eigenvalue weighted by Gasteiger charge is 2.12. The van der Waals surface area contributed by atoms with Crippen LogP contribution in [0.1, 0.15) is 17.3 Å². The Hall–Kier alpha value is -4.00. The van der Waals surface area contributed by atoms with Crippen molar-refractivity contribution in [3.05, 3.63) is 78.4 Å². The van der Waals surface area contributed by atoms with Gasteiger partial charge in [-0.25, -0.2) is 4.79 Å². The molecule has 0 atom stereocenters. The van der Waals surface area contributed by atoms with Gasteiger partial charge in [0.15, 0.2) is 6.61 Å². The number of carbonyl (C=O) groups excluding carboxylic acids is 2. The minimum Gasteiger partial charge on any atom is -0.482 e. The second-order valence-electron chi connectivity index (χ2n) is 6.25. The van der Waals surface area contributed by atoms with Crippen molar-refractivity contribution in [3.8, 4) is 17.2 Å². The van der Waals surface area contributed by atoms with Crippen LogP contribution < -0.4 is 20.5 Å². The van der Waals surface area contributed by atoms with Crippen molar-refractivity contribution >= 4 is 23.3 Å². The second kappa shape index (κ2) is 9.97. The molecule has 0 aromatic heterocycles. The molecule has 0 aliphatic carbocycles. The molecule has 0 heterocycles. The van der Waals surface area contributed by atoms with Gasteiger partial charge < -0.3 is 25.3 Å². The normalized spacial score (nSPS) is 10.2. The van der Waals surface area contributed by atoms with Gasteiger partial charge in [0.1, 0.15) is 17.2 Å². The van der Waals surface area contributed by atoms with E-state index in [1.807, 2.05) is 30.3 Å². The Balaban J connectivity index is 1.54. The van der Waals surface area contributed by atoms with Gasteiger partial charge in [-0.2, -0.15) is 0 Å². The summed E-state index contributed by atoms with van der Waals surface area (Å²) < 4.78 is 16.1. The van der Waals surface area contributed by atoms with Gasteiger partial charge in [-0.1, -0.05) is 18.2 Å². The topological polar surface area (TPSA) is 99.9 Å². The molecule has 0 saturated heterocycles. The van der Waals surface area contributed by atoms with Gasteiger partial charge in [0, 0.05) is 5.69 Å². The van der Waals surface area contributed by atoms with E-state index in [4.69, 9.17) is 19.9 Å². The third-order valence-electron chi connectivity index (χ3n) is 4.00. The van der Waals surface area contributed by atoms with Crippen molar-refractivity contribution in [2.24, 2.45) is 0 Å². The number of hydrogen-bond acceptors (Lipinski definition) is 6. The van der Waals surface area contributed by atoms with Gasteiger partial charge >= 0.3 is 5.97 Å². The van der Waals surface area contributed by atoms with E-state index in [1.165, 1.54) is 12.1 Å². The number of anilines is 2. The molecule has 0 saturated carbocycles. The van der Waals surface area contributed by atoms with Gasteiger partial charge in [-0.15, -0.1) is 0 Å². The molecule has 0 unspecified atom stereocenters. The van der Waals surface area contributed by atoms with E-state index in [1.54, 1.807) is 37.3 Å². The number of hydrogen-bond donors (Lipinski definition) is 2. The Morgan fingerprint density at radius 2 is 1.63 bits per heavy atom. The van der Waals surface area contributed by atoms with Gasteiger partial charge in [0.2, 0.25) is 0 Å². The highest BCUT2D eigenvalue weighted by atomic mass is 16.5. The van der Waals surface area contributed by atoms with Crippen molar-refractivity contribution in [3.63, 3.8) is 0 Å². The lowest BCUT2D eigenvalue weighted by Gasteiger charge is -2.11. The van der Waals surface area contributed by atoms with Crippen LogP contribution in [0.15, 0.2) is 72.8 Å². The maximum absolute atomic E-state index is 12.2. The number of esters is 1. The molecule has 0 spiro atoms. The van der Waals surface area contributed by atoms with Gasteiger partial charge in [0.05, 0.1) is 17.9 Å². The summed E-state index contributed by atoms with van der Waals surface area (Å²) in [5.74, 6) is 0.768. The molecule has 3 aromatic rings. The van der Waals surface area contributed by atoms with E-state index >= 15 is 0 Å². The minimum atomic E-state index is -0.482. The fraction of sp³-hybridized carbons (Fsp3) is 0.130. The van der Waals surface area contributed by atoms with Crippen LogP contribution in [-0.2, 0) is 9.53 Å². The number of ether oxygens (including phenoxy) is 3. The molecule has 3 rings (SSSR count). The zero-order valence-electron chi connectivity index (χ0n) is 16.5. The average Bonchev–Trinajstić information content (AvgIpc) is 2.75. The molecule has 0 radical (unpaired) electrons. The molecule has 7 heteroatoms. The Morgan fingerprint density at radius 1 is 0.933 bits per heavy atom. The SMILES string of the molecule is CCOC(=O)c1ccc(N)c(OCC(=O)Nc2ccc(Oc3ccccc3)cc2)c1. The van der Waals surface area contributed by atoms with E-state index in [9.17, 15) is 9.59 Å². The third kappa shape index (κ3) is 5.75. The molecule has 3 aromatic carbocycles. The molecule has 154 valence electrons. The molecule has 0 aliphatic heterocycles. The number of carbonyl (C=O) groups is 2. The molecular formula is C23H22N2O5. The van der Waals surface area contributed by atoms with Crippen LogP contribution >= 0.6 is 0 Å². The van der Waals surface area contributed by atoms with E-state index in [-0.39, 0.29) is 24.9 Å². The zero-order chi connectivity index (χ0) is 21.3. The monoisotopic (exact) mass is 406 g/mol. The number of nitrogen functional groups attached to an aromatic ring is 1. The third-order valence-corrected chi connectivity index (χ3v) is 4.00. The number of benzene rings is 3. The zero-order valence-corrected chi connectivity index (χ0v) is 16.5. The molecular weight excluding hydrogens is 384 g/mol. The fourth-order valence-corrected chi connectivity index (χ4v) is 2.57. The van der Waals surface area contributed by atoms with Crippen LogP contribution in [0.25, 0.3) is 0 Å². The predicted octanol–water partition coefficient (Wildman–Crippen LogP) is 4.26. The molecule has 0 bridgehead atoms. The standard InChI is InChI=1S/C23H22N2O5/c1-2-28-23(27)16-8-13-20(24)21(14-16)29-15-22(26)25-17-9-11-19(12-10-17)30-18-6-4-3-5-7-18/h3-14H,2,15,24H2,1H3,(H,25,26). The van der Waals surface area contributed by atoms with Crippen LogP contribution in [0.3, 0.4) is 0 Å². The number of rotatable bonds is 8. The molecule has 7 nitrogen and oxygen atoms in total. The van der Waals surface area contributed by atoms with Crippen LogP contribution in [-0.4, -0.2) is 25.1 Å². The van der Waals surface area contributed by atoms with Crippen LogP contribution in [0, 0.1) is 0 Å². The van der Waals surface area contributed by atoms with Crippen LogP contribution in [0.4, 0.5) is 11.4 Å².